The van der Waals surface area contributed by atoms with Gasteiger partial charge in [0.25, 0.3) is 0 Å². The van der Waals surface area contributed by atoms with Crippen molar-refractivity contribution in [1.82, 2.24) is 15.1 Å². The van der Waals surface area contributed by atoms with E-state index in [1.165, 1.54) is 0 Å². The van der Waals surface area contributed by atoms with Crippen LogP contribution in [0.15, 0.2) is 24.3 Å². The normalized spacial score (nSPS) is 13.6. The van der Waals surface area contributed by atoms with Crippen LogP contribution in [-0.4, -0.2) is 27.3 Å². The van der Waals surface area contributed by atoms with Gasteiger partial charge < -0.3 is 10.4 Å². The molecule has 1 heterocycles. The van der Waals surface area contributed by atoms with Crippen LogP contribution in [0.4, 0.5) is 0 Å². The number of carbonyl (C=O) groups is 1. The molecule has 1 aromatic heterocycles. The van der Waals surface area contributed by atoms with E-state index in [1.54, 1.807) is 18.2 Å². The molecule has 2 N–H and O–H groups in total. The molecule has 2 rings (SSSR count). The molecule has 0 saturated carbocycles. The average Bonchev–Trinajstić information content (AvgIpc) is 2.79. The Balaban J connectivity index is 1.93. The minimum absolute atomic E-state index is 0.0937. The minimum atomic E-state index is -0.822. The summed E-state index contributed by atoms with van der Waals surface area (Å²) < 4.78 is 1.83. The number of aromatic nitrogens is 2. The van der Waals surface area contributed by atoms with Crippen molar-refractivity contribution >= 4 is 17.5 Å². The number of nitrogens with one attached hydrogen (secondary N) is 1. The lowest BCUT2D eigenvalue weighted by Crippen LogP contribution is -2.33. The molecule has 1 amide bonds. The summed E-state index contributed by atoms with van der Waals surface area (Å²) in [6.07, 6.45) is -0.198. The van der Waals surface area contributed by atoms with Crippen LogP contribution in [0.25, 0.3) is 0 Å². The summed E-state index contributed by atoms with van der Waals surface area (Å²) in [5.41, 5.74) is 3.74. The third-order valence-electron chi connectivity index (χ3n) is 4.35. The predicted octanol–water partition coefficient (Wildman–Crippen LogP) is 2.72. The van der Waals surface area contributed by atoms with E-state index in [-0.39, 0.29) is 18.4 Å². The van der Waals surface area contributed by atoms with E-state index in [0.717, 1.165) is 17.0 Å². The molecule has 0 unspecified atom stereocenters. The van der Waals surface area contributed by atoms with Gasteiger partial charge in [0.15, 0.2) is 0 Å². The Morgan fingerprint density at radius 3 is 2.62 bits per heavy atom. The summed E-state index contributed by atoms with van der Waals surface area (Å²) in [4.78, 5) is 12.3. The van der Waals surface area contributed by atoms with E-state index in [0.29, 0.717) is 17.0 Å². The fourth-order valence-electron chi connectivity index (χ4n) is 2.74. The first-order chi connectivity index (χ1) is 11.3. The SMILES string of the molecule is Cc1nn(C)c(C)c1C[C@H](C)C(=O)NC[C@@H](O)c1ccccc1Cl. The molecule has 0 fully saturated rings. The number of hydrogen-bond acceptors (Lipinski definition) is 3. The monoisotopic (exact) mass is 349 g/mol. The quantitative estimate of drug-likeness (QED) is 0.842. The molecule has 0 aliphatic heterocycles. The van der Waals surface area contributed by atoms with Gasteiger partial charge in [-0.25, -0.2) is 0 Å². The lowest BCUT2D eigenvalue weighted by molar-refractivity contribution is -0.124. The van der Waals surface area contributed by atoms with E-state index in [2.05, 4.69) is 10.4 Å². The molecule has 0 aliphatic carbocycles. The van der Waals surface area contributed by atoms with Crippen LogP contribution in [0.3, 0.4) is 0 Å². The minimum Gasteiger partial charge on any atom is -0.387 e. The van der Waals surface area contributed by atoms with Crippen molar-refractivity contribution in [1.29, 1.82) is 0 Å². The molecular formula is C18H24ClN3O2. The molecule has 0 aliphatic rings. The van der Waals surface area contributed by atoms with E-state index < -0.39 is 6.10 Å². The molecule has 24 heavy (non-hydrogen) atoms. The van der Waals surface area contributed by atoms with Crippen LogP contribution in [0, 0.1) is 19.8 Å². The number of aliphatic hydroxyl groups excluding tert-OH is 1. The molecule has 2 atom stereocenters. The van der Waals surface area contributed by atoms with Crippen LogP contribution in [0.5, 0.6) is 0 Å². The summed E-state index contributed by atoms with van der Waals surface area (Å²) in [6.45, 7) is 5.97. The number of rotatable bonds is 6. The van der Waals surface area contributed by atoms with Gasteiger partial charge in [0.1, 0.15) is 0 Å². The van der Waals surface area contributed by atoms with E-state index in [4.69, 9.17) is 11.6 Å². The highest BCUT2D eigenvalue weighted by Gasteiger charge is 2.20. The first kappa shape index (κ1) is 18.5. The van der Waals surface area contributed by atoms with Crippen molar-refractivity contribution in [2.24, 2.45) is 13.0 Å². The first-order valence-electron chi connectivity index (χ1n) is 8.00. The van der Waals surface area contributed by atoms with Crippen LogP contribution in [0.1, 0.15) is 35.5 Å². The Hall–Kier alpha value is -1.85. The number of aliphatic hydroxyl groups is 1. The second-order valence-electron chi connectivity index (χ2n) is 6.16. The van der Waals surface area contributed by atoms with Gasteiger partial charge in [0, 0.05) is 35.8 Å². The van der Waals surface area contributed by atoms with Gasteiger partial charge in [0.05, 0.1) is 11.8 Å². The zero-order valence-corrected chi connectivity index (χ0v) is 15.3. The van der Waals surface area contributed by atoms with Crippen molar-refractivity contribution in [3.8, 4) is 0 Å². The second kappa shape index (κ2) is 7.81. The average molecular weight is 350 g/mol. The lowest BCUT2D eigenvalue weighted by Gasteiger charge is -2.16. The van der Waals surface area contributed by atoms with Crippen molar-refractivity contribution in [3.05, 3.63) is 51.8 Å². The van der Waals surface area contributed by atoms with Crippen LogP contribution in [0.2, 0.25) is 5.02 Å². The van der Waals surface area contributed by atoms with Gasteiger partial charge in [-0.1, -0.05) is 36.7 Å². The molecule has 5 nitrogen and oxygen atoms in total. The highest BCUT2D eigenvalue weighted by atomic mass is 35.5. The summed E-state index contributed by atoms with van der Waals surface area (Å²) in [5, 5.41) is 17.9. The van der Waals surface area contributed by atoms with Crippen LogP contribution < -0.4 is 5.32 Å². The number of nitrogens with zero attached hydrogens (tertiary/aromatic N) is 2. The zero-order chi connectivity index (χ0) is 17.9. The smallest absolute Gasteiger partial charge is 0.223 e. The number of hydrogen-bond donors (Lipinski definition) is 2. The third kappa shape index (κ3) is 4.16. The van der Waals surface area contributed by atoms with Crippen molar-refractivity contribution in [2.45, 2.75) is 33.3 Å². The first-order valence-corrected chi connectivity index (χ1v) is 8.38. The lowest BCUT2D eigenvalue weighted by atomic mass is 9.98. The summed E-state index contributed by atoms with van der Waals surface area (Å²) in [6, 6.07) is 7.09. The number of benzene rings is 1. The van der Waals surface area contributed by atoms with E-state index >= 15 is 0 Å². The highest BCUT2D eigenvalue weighted by Crippen LogP contribution is 2.22. The second-order valence-corrected chi connectivity index (χ2v) is 6.57. The number of aryl methyl sites for hydroxylation is 2. The van der Waals surface area contributed by atoms with Crippen molar-refractivity contribution in [2.75, 3.05) is 6.54 Å². The highest BCUT2D eigenvalue weighted by molar-refractivity contribution is 6.31. The Kier molecular flexibility index (Phi) is 6.02. The maximum absolute atomic E-state index is 12.3. The number of carbonyl (C=O) groups excluding carboxylic acids is 1. The summed E-state index contributed by atoms with van der Waals surface area (Å²) in [7, 11) is 1.90. The Morgan fingerprint density at radius 2 is 2.04 bits per heavy atom. The molecule has 130 valence electrons. The molecule has 1 aromatic carbocycles. The molecule has 6 heteroatoms. The van der Waals surface area contributed by atoms with Crippen LogP contribution in [-0.2, 0) is 18.3 Å². The summed E-state index contributed by atoms with van der Waals surface area (Å²) in [5.74, 6) is -0.297. The molecule has 0 radical (unpaired) electrons. The fraction of sp³-hybridized carbons (Fsp3) is 0.444. The maximum atomic E-state index is 12.3. The fourth-order valence-corrected chi connectivity index (χ4v) is 3.00. The Morgan fingerprint density at radius 1 is 1.38 bits per heavy atom. The van der Waals surface area contributed by atoms with Crippen molar-refractivity contribution < 1.29 is 9.90 Å². The van der Waals surface area contributed by atoms with E-state index in [1.807, 2.05) is 38.6 Å². The van der Waals surface area contributed by atoms with Gasteiger partial charge >= 0.3 is 0 Å². The maximum Gasteiger partial charge on any atom is 0.223 e. The molecule has 0 spiro atoms. The standard InChI is InChI=1S/C18H24ClN3O2/c1-11(9-15-12(2)21-22(4)13(15)3)18(24)20-10-17(23)14-7-5-6-8-16(14)19/h5-8,11,17,23H,9-10H2,1-4H3,(H,20,24)/t11-,17+/m0/s1. The third-order valence-corrected chi connectivity index (χ3v) is 4.69. The summed E-state index contributed by atoms with van der Waals surface area (Å²) >= 11 is 6.06. The molecular weight excluding hydrogens is 326 g/mol. The number of halogens is 1. The topological polar surface area (TPSA) is 67.2 Å². The Labute approximate surface area is 147 Å². The molecule has 2 aromatic rings. The zero-order valence-electron chi connectivity index (χ0n) is 14.5. The van der Waals surface area contributed by atoms with Crippen molar-refractivity contribution in [3.63, 3.8) is 0 Å². The van der Waals surface area contributed by atoms with E-state index in [9.17, 15) is 9.90 Å². The van der Waals surface area contributed by atoms with Gasteiger partial charge in [-0.05, 0) is 31.9 Å². The van der Waals surface area contributed by atoms with Crippen LogP contribution >= 0.6 is 11.6 Å². The Bertz CT molecular complexity index is 727. The van der Waals surface area contributed by atoms with Gasteiger partial charge in [-0.3, -0.25) is 9.48 Å². The van der Waals surface area contributed by atoms with Gasteiger partial charge in [0.2, 0.25) is 5.91 Å². The predicted molar refractivity (Wildman–Crippen MR) is 95.0 cm³/mol. The largest absolute Gasteiger partial charge is 0.387 e. The molecule has 0 saturated heterocycles. The number of amides is 1. The molecule has 0 bridgehead atoms. The van der Waals surface area contributed by atoms with Gasteiger partial charge in [-0.2, -0.15) is 5.10 Å². The van der Waals surface area contributed by atoms with Gasteiger partial charge in [-0.15, -0.1) is 0 Å².